The number of nitrogens with zero attached hydrogens (tertiary/aromatic N) is 2. The average molecular weight is 374 g/mol. The van der Waals surface area contributed by atoms with Gasteiger partial charge in [0.2, 0.25) is 11.0 Å². The molecule has 3 rings (SSSR count). The molecule has 24 heavy (non-hydrogen) atoms. The minimum Gasteiger partial charge on any atom is -0.357 e. The predicted molar refractivity (Wildman–Crippen MR) is 86.8 cm³/mol. The van der Waals surface area contributed by atoms with E-state index in [0.29, 0.717) is 15.5 Å². The van der Waals surface area contributed by atoms with Crippen LogP contribution in [0.2, 0.25) is 0 Å². The molecule has 10 heteroatoms. The summed E-state index contributed by atoms with van der Waals surface area (Å²) in [5.41, 5.74) is -0.403. The molecule has 0 bridgehead atoms. The van der Waals surface area contributed by atoms with Crippen molar-refractivity contribution >= 4 is 39.8 Å². The summed E-state index contributed by atoms with van der Waals surface area (Å²) in [5, 5.41) is 13.5. The van der Waals surface area contributed by atoms with E-state index in [-0.39, 0.29) is 0 Å². The molecule has 1 aromatic carbocycles. The normalized spacial score (nSPS) is 15.2. The zero-order chi connectivity index (χ0) is 17.3. The highest BCUT2D eigenvalue weighted by atomic mass is 32.2. The van der Waals surface area contributed by atoms with Gasteiger partial charge in [0.15, 0.2) is 21.8 Å². The predicted octanol–water partition coefficient (Wildman–Crippen LogP) is 3.65. The van der Waals surface area contributed by atoms with Crippen molar-refractivity contribution in [1.82, 2.24) is 10.2 Å². The van der Waals surface area contributed by atoms with Crippen LogP contribution in [0.4, 0.5) is 24.0 Å². The molecule has 1 amide bonds. The minimum absolute atomic E-state index is 0.403. The second-order valence-corrected chi connectivity index (χ2v) is 7.83. The third-order valence-electron chi connectivity index (χ3n) is 3.25. The molecule has 1 saturated carbocycles. The third kappa shape index (κ3) is 3.99. The lowest BCUT2D eigenvalue weighted by molar-refractivity contribution is -0.115. The minimum atomic E-state index is -1.62. The molecule has 1 aliphatic rings. The number of anilines is 2. The quantitative estimate of drug-likeness (QED) is 0.597. The Hall–Kier alpha value is -1.81. The van der Waals surface area contributed by atoms with Crippen molar-refractivity contribution in [1.29, 1.82) is 0 Å². The first-order valence-corrected chi connectivity index (χ1v) is 8.84. The van der Waals surface area contributed by atoms with Gasteiger partial charge in [-0.3, -0.25) is 4.79 Å². The Labute approximate surface area is 144 Å². The number of thioether (sulfide) groups is 1. The van der Waals surface area contributed by atoms with E-state index in [4.69, 9.17) is 0 Å². The monoisotopic (exact) mass is 374 g/mol. The molecule has 128 valence electrons. The first-order valence-electron chi connectivity index (χ1n) is 7.15. The van der Waals surface area contributed by atoms with E-state index in [1.165, 1.54) is 11.3 Å². The van der Waals surface area contributed by atoms with Gasteiger partial charge in [-0.15, -0.1) is 10.2 Å². The van der Waals surface area contributed by atoms with Crippen molar-refractivity contribution in [2.45, 2.75) is 35.4 Å². The van der Waals surface area contributed by atoms with Gasteiger partial charge in [-0.1, -0.05) is 23.1 Å². The summed E-state index contributed by atoms with van der Waals surface area (Å²) in [5.74, 6) is -4.89. The Morgan fingerprint density at radius 2 is 2.04 bits per heavy atom. The van der Waals surface area contributed by atoms with Crippen LogP contribution in [0.5, 0.6) is 0 Å². The van der Waals surface area contributed by atoms with E-state index >= 15 is 0 Å². The fourth-order valence-electron chi connectivity index (χ4n) is 1.78. The van der Waals surface area contributed by atoms with Crippen molar-refractivity contribution < 1.29 is 18.0 Å². The van der Waals surface area contributed by atoms with Crippen LogP contribution in [0.3, 0.4) is 0 Å². The summed E-state index contributed by atoms with van der Waals surface area (Å²) in [6.45, 7) is 1.60. The number of rotatable bonds is 6. The van der Waals surface area contributed by atoms with Gasteiger partial charge < -0.3 is 10.6 Å². The lowest BCUT2D eigenvalue weighted by atomic mass is 10.2. The van der Waals surface area contributed by atoms with Crippen molar-refractivity contribution in [3.63, 3.8) is 0 Å². The van der Waals surface area contributed by atoms with Crippen LogP contribution < -0.4 is 10.6 Å². The van der Waals surface area contributed by atoms with Crippen LogP contribution in [0, 0.1) is 17.5 Å². The zero-order valence-corrected chi connectivity index (χ0v) is 14.1. The molecule has 1 fully saturated rings. The Bertz CT molecular complexity index is 766. The molecule has 1 unspecified atom stereocenters. The van der Waals surface area contributed by atoms with Crippen LogP contribution in [0.15, 0.2) is 16.5 Å². The Balaban J connectivity index is 1.60. The van der Waals surface area contributed by atoms with Crippen LogP contribution in [0.25, 0.3) is 0 Å². The van der Waals surface area contributed by atoms with Gasteiger partial charge >= 0.3 is 0 Å². The molecule has 1 aliphatic carbocycles. The topological polar surface area (TPSA) is 66.9 Å². The number of hydrogen-bond acceptors (Lipinski definition) is 6. The molecule has 1 atom stereocenters. The zero-order valence-electron chi connectivity index (χ0n) is 12.5. The average Bonchev–Trinajstić information content (AvgIpc) is 3.26. The lowest BCUT2D eigenvalue weighted by Gasteiger charge is -2.11. The first-order chi connectivity index (χ1) is 11.4. The van der Waals surface area contributed by atoms with E-state index < -0.39 is 34.3 Å². The maximum Gasteiger partial charge on any atom is 0.237 e. The number of carbonyl (C=O) groups is 1. The lowest BCUT2D eigenvalue weighted by Crippen LogP contribution is -2.23. The van der Waals surface area contributed by atoms with E-state index in [9.17, 15) is 18.0 Å². The molecular formula is C14H13F3N4OS2. The summed E-state index contributed by atoms with van der Waals surface area (Å²) in [6, 6.07) is 2.19. The molecule has 2 N–H and O–H groups in total. The van der Waals surface area contributed by atoms with Gasteiger partial charge in [0.1, 0.15) is 0 Å². The molecule has 2 aromatic rings. The number of aromatic nitrogens is 2. The molecule has 0 saturated heterocycles. The van der Waals surface area contributed by atoms with Crippen molar-refractivity contribution in [2.75, 3.05) is 10.6 Å². The fourth-order valence-corrected chi connectivity index (χ4v) is 3.75. The maximum absolute atomic E-state index is 13.6. The van der Waals surface area contributed by atoms with Crippen LogP contribution >= 0.6 is 23.1 Å². The molecule has 0 radical (unpaired) electrons. The summed E-state index contributed by atoms with van der Waals surface area (Å²) >= 11 is 2.48. The van der Waals surface area contributed by atoms with Gasteiger partial charge in [0.25, 0.3) is 0 Å². The van der Waals surface area contributed by atoms with Crippen molar-refractivity contribution in [3.8, 4) is 0 Å². The van der Waals surface area contributed by atoms with Gasteiger partial charge in [-0.25, -0.2) is 13.2 Å². The van der Waals surface area contributed by atoms with Gasteiger partial charge in [0.05, 0.1) is 10.9 Å². The van der Waals surface area contributed by atoms with Crippen molar-refractivity contribution in [2.24, 2.45) is 0 Å². The van der Waals surface area contributed by atoms with E-state index in [2.05, 4.69) is 20.8 Å². The Kier molecular flexibility index (Phi) is 4.95. The second-order valence-electron chi connectivity index (χ2n) is 5.26. The molecule has 5 nitrogen and oxygen atoms in total. The molecule has 0 spiro atoms. The maximum atomic E-state index is 13.6. The largest absolute Gasteiger partial charge is 0.357 e. The fraction of sp³-hybridized carbons (Fsp3) is 0.357. The number of nitrogens with one attached hydrogen (secondary N) is 2. The summed E-state index contributed by atoms with van der Waals surface area (Å²) in [7, 11) is 0. The molecule has 0 aliphatic heterocycles. The Morgan fingerprint density at radius 1 is 1.29 bits per heavy atom. The molecule has 1 heterocycles. The standard InChI is InChI=1S/C14H13F3N4OS2/c1-6(23-14-21-20-13(24-14)18-7-2-3-7)12(22)19-9-5-4-8(15)10(16)11(9)17/h4-7H,2-3H2,1H3,(H,18,20)(H,19,22). The van der Waals surface area contributed by atoms with Gasteiger partial charge in [-0.2, -0.15) is 0 Å². The summed E-state index contributed by atoms with van der Waals surface area (Å²) in [4.78, 5) is 12.1. The number of benzene rings is 1. The van der Waals surface area contributed by atoms with Gasteiger partial charge in [0, 0.05) is 6.04 Å². The van der Waals surface area contributed by atoms with Crippen LogP contribution in [-0.4, -0.2) is 27.4 Å². The number of halogens is 3. The first kappa shape index (κ1) is 17.0. The SMILES string of the molecule is CC(Sc1nnc(NC2CC2)s1)C(=O)Nc1ccc(F)c(F)c1F. The third-order valence-corrected chi connectivity index (χ3v) is 5.29. The number of carbonyl (C=O) groups excluding carboxylic acids is 1. The van der Waals surface area contributed by atoms with E-state index in [1.54, 1.807) is 6.92 Å². The summed E-state index contributed by atoms with van der Waals surface area (Å²) in [6.07, 6.45) is 2.22. The van der Waals surface area contributed by atoms with E-state index in [0.717, 1.165) is 36.7 Å². The van der Waals surface area contributed by atoms with Gasteiger partial charge in [-0.05, 0) is 31.9 Å². The highest BCUT2D eigenvalue weighted by Gasteiger charge is 2.24. The molecular weight excluding hydrogens is 361 g/mol. The van der Waals surface area contributed by atoms with Crippen molar-refractivity contribution in [3.05, 3.63) is 29.6 Å². The smallest absolute Gasteiger partial charge is 0.237 e. The molecule has 1 aromatic heterocycles. The highest BCUT2D eigenvalue weighted by molar-refractivity contribution is 8.02. The highest BCUT2D eigenvalue weighted by Crippen LogP contribution is 2.32. The van der Waals surface area contributed by atoms with Crippen LogP contribution in [-0.2, 0) is 4.79 Å². The number of hydrogen-bond donors (Lipinski definition) is 2. The second kappa shape index (κ2) is 6.98. The number of amides is 1. The summed E-state index contributed by atoms with van der Waals surface area (Å²) < 4.78 is 40.2. The van der Waals surface area contributed by atoms with E-state index in [1.807, 2.05) is 0 Å². The Morgan fingerprint density at radius 3 is 2.75 bits per heavy atom. The van der Waals surface area contributed by atoms with Crippen LogP contribution in [0.1, 0.15) is 19.8 Å².